The molecule has 4 nitrogen and oxygen atoms in total. The Hall–Kier alpha value is -0.610. The van der Waals surface area contributed by atoms with Crippen LogP contribution in [-0.4, -0.2) is 49.6 Å². The van der Waals surface area contributed by atoms with Crippen LogP contribution in [-0.2, 0) is 4.79 Å². The van der Waals surface area contributed by atoms with Crippen molar-refractivity contribution >= 4 is 5.91 Å². The lowest BCUT2D eigenvalue weighted by Crippen LogP contribution is -2.56. The second kappa shape index (κ2) is 3.03. The molecule has 2 aliphatic heterocycles. The van der Waals surface area contributed by atoms with E-state index in [1.807, 2.05) is 0 Å². The van der Waals surface area contributed by atoms with Crippen molar-refractivity contribution in [3.63, 3.8) is 0 Å². The highest BCUT2D eigenvalue weighted by molar-refractivity contribution is 5.77. The zero-order chi connectivity index (χ0) is 8.55. The molecule has 2 rings (SSSR count). The molecule has 2 fully saturated rings. The van der Waals surface area contributed by atoms with E-state index in [1.165, 1.54) is 0 Å². The number of fused-ring (bicyclic) bond motifs is 2. The Kier molecular flexibility index (Phi) is 2.02. The Bertz CT molecular complexity index is 195. The average Bonchev–Trinajstić information content (AvgIpc) is 2.17. The van der Waals surface area contributed by atoms with Crippen LogP contribution in [0, 0.1) is 0 Å². The normalized spacial score (nSPS) is 37.2. The zero-order valence-electron chi connectivity index (χ0n) is 7.34. The van der Waals surface area contributed by atoms with Crippen molar-refractivity contribution in [2.45, 2.75) is 18.5 Å². The first-order chi connectivity index (χ1) is 5.77. The lowest BCUT2D eigenvalue weighted by atomic mass is 10.1. The fourth-order valence-electron chi connectivity index (χ4n) is 1.95. The van der Waals surface area contributed by atoms with Crippen LogP contribution >= 0.6 is 0 Å². The summed E-state index contributed by atoms with van der Waals surface area (Å²) in [5.41, 5.74) is 0. The van der Waals surface area contributed by atoms with Crippen molar-refractivity contribution in [2.24, 2.45) is 0 Å². The minimum atomic E-state index is 0.193. The summed E-state index contributed by atoms with van der Waals surface area (Å²) in [4.78, 5) is 13.5. The number of hydrogen-bond donors (Lipinski definition) is 2. The van der Waals surface area contributed by atoms with E-state index in [0.29, 0.717) is 18.5 Å². The molecular formula is C8H15N3O. The van der Waals surface area contributed by atoms with E-state index in [2.05, 4.69) is 22.6 Å². The van der Waals surface area contributed by atoms with E-state index in [0.717, 1.165) is 19.6 Å². The number of carbonyl (C=O) groups is 1. The topological polar surface area (TPSA) is 44.4 Å². The predicted octanol–water partition coefficient (Wildman–Crippen LogP) is -1.22. The van der Waals surface area contributed by atoms with Crippen LogP contribution in [0.15, 0.2) is 0 Å². The molecule has 0 saturated carbocycles. The molecule has 2 heterocycles. The van der Waals surface area contributed by atoms with Crippen molar-refractivity contribution in [2.75, 3.05) is 26.7 Å². The summed E-state index contributed by atoms with van der Waals surface area (Å²) in [5, 5.41) is 6.27. The van der Waals surface area contributed by atoms with Crippen LogP contribution in [0.2, 0.25) is 0 Å². The smallest absolute Gasteiger partial charge is 0.221 e. The van der Waals surface area contributed by atoms with E-state index >= 15 is 0 Å². The third kappa shape index (κ3) is 1.32. The summed E-state index contributed by atoms with van der Waals surface area (Å²) in [6.45, 7) is 2.73. The van der Waals surface area contributed by atoms with E-state index < -0.39 is 0 Å². The molecule has 0 aromatic heterocycles. The lowest BCUT2D eigenvalue weighted by Gasteiger charge is -2.37. The monoisotopic (exact) mass is 169 g/mol. The number of nitrogens with one attached hydrogen (secondary N) is 2. The van der Waals surface area contributed by atoms with Gasteiger partial charge in [-0.25, -0.2) is 0 Å². The molecule has 1 amide bonds. The summed E-state index contributed by atoms with van der Waals surface area (Å²) in [6.07, 6.45) is 0.639. The Balaban J connectivity index is 2.13. The maximum absolute atomic E-state index is 11.2. The summed E-state index contributed by atoms with van der Waals surface area (Å²) in [7, 11) is 2.11. The molecule has 4 heteroatoms. The molecule has 2 atom stereocenters. The summed E-state index contributed by atoms with van der Waals surface area (Å²) < 4.78 is 0. The molecule has 0 aliphatic carbocycles. The number of amides is 1. The minimum Gasteiger partial charge on any atom is -0.354 e. The van der Waals surface area contributed by atoms with Crippen LogP contribution < -0.4 is 10.6 Å². The summed E-state index contributed by atoms with van der Waals surface area (Å²) in [5.74, 6) is 0.193. The van der Waals surface area contributed by atoms with E-state index in [-0.39, 0.29) is 5.91 Å². The molecule has 0 aromatic rings. The van der Waals surface area contributed by atoms with Gasteiger partial charge < -0.3 is 10.6 Å². The standard InChI is InChI=1S/C8H15N3O/c1-11-6-2-8(12)10-5-7(11)4-9-3-6/h6-7,9H,2-5H2,1H3,(H,10,12). The van der Waals surface area contributed by atoms with Gasteiger partial charge in [0.2, 0.25) is 5.91 Å². The SMILES string of the molecule is CN1C2CNCC1CC(=O)NC2. The third-order valence-electron chi connectivity index (χ3n) is 2.87. The van der Waals surface area contributed by atoms with Gasteiger partial charge in [-0.15, -0.1) is 0 Å². The van der Waals surface area contributed by atoms with Crippen molar-refractivity contribution in [3.05, 3.63) is 0 Å². The highest BCUT2D eigenvalue weighted by Gasteiger charge is 2.31. The largest absolute Gasteiger partial charge is 0.354 e. The molecule has 0 aromatic carbocycles. The van der Waals surface area contributed by atoms with Gasteiger partial charge >= 0.3 is 0 Å². The second-order valence-corrected chi connectivity index (χ2v) is 3.64. The molecule has 0 radical (unpaired) electrons. The van der Waals surface area contributed by atoms with Crippen LogP contribution in [0.1, 0.15) is 6.42 Å². The number of carbonyl (C=O) groups excluding carboxylic acids is 1. The Morgan fingerprint density at radius 1 is 1.33 bits per heavy atom. The third-order valence-corrected chi connectivity index (χ3v) is 2.87. The first kappa shape index (κ1) is 8.01. The molecule has 68 valence electrons. The molecule has 2 N–H and O–H groups in total. The van der Waals surface area contributed by atoms with Gasteiger partial charge in [-0.05, 0) is 7.05 Å². The van der Waals surface area contributed by atoms with Crippen molar-refractivity contribution < 1.29 is 4.79 Å². The van der Waals surface area contributed by atoms with E-state index in [4.69, 9.17) is 0 Å². The first-order valence-electron chi connectivity index (χ1n) is 4.46. The maximum Gasteiger partial charge on any atom is 0.221 e. The van der Waals surface area contributed by atoms with Crippen LogP contribution in [0.5, 0.6) is 0 Å². The molecule has 2 saturated heterocycles. The fourth-order valence-corrected chi connectivity index (χ4v) is 1.95. The zero-order valence-corrected chi connectivity index (χ0v) is 7.34. The van der Waals surface area contributed by atoms with E-state index in [1.54, 1.807) is 0 Å². The molecular weight excluding hydrogens is 154 g/mol. The van der Waals surface area contributed by atoms with Crippen LogP contribution in [0.4, 0.5) is 0 Å². The Morgan fingerprint density at radius 3 is 2.92 bits per heavy atom. The molecule has 2 aliphatic rings. The summed E-state index contributed by atoms with van der Waals surface area (Å²) in [6, 6.07) is 0.876. The van der Waals surface area contributed by atoms with Gasteiger partial charge in [-0.3, -0.25) is 9.69 Å². The molecule has 2 bridgehead atoms. The van der Waals surface area contributed by atoms with Gasteiger partial charge in [0, 0.05) is 38.1 Å². The Morgan fingerprint density at radius 2 is 2.08 bits per heavy atom. The van der Waals surface area contributed by atoms with Gasteiger partial charge in [0.05, 0.1) is 0 Å². The fraction of sp³-hybridized carbons (Fsp3) is 0.875. The minimum absolute atomic E-state index is 0.193. The predicted molar refractivity (Wildman–Crippen MR) is 45.8 cm³/mol. The Labute approximate surface area is 72.3 Å². The quantitative estimate of drug-likeness (QED) is 0.477. The molecule has 0 spiro atoms. The van der Waals surface area contributed by atoms with Crippen LogP contribution in [0.3, 0.4) is 0 Å². The highest BCUT2D eigenvalue weighted by Crippen LogP contribution is 2.12. The molecule has 12 heavy (non-hydrogen) atoms. The van der Waals surface area contributed by atoms with Gasteiger partial charge in [-0.2, -0.15) is 0 Å². The van der Waals surface area contributed by atoms with Gasteiger partial charge in [0.1, 0.15) is 0 Å². The van der Waals surface area contributed by atoms with E-state index in [9.17, 15) is 4.79 Å². The number of nitrogens with zero attached hydrogens (tertiary/aromatic N) is 1. The number of rotatable bonds is 0. The van der Waals surface area contributed by atoms with Gasteiger partial charge in [0.15, 0.2) is 0 Å². The number of likely N-dealkylation sites (N-methyl/N-ethyl adjacent to an activating group) is 1. The summed E-state index contributed by atoms with van der Waals surface area (Å²) >= 11 is 0. The first-order valence-corrected chi connectivity index (χ1v) is 4.46. The second-order valence-electron chi connectivity index (χ2n) is 3.64. The van der Waals surface area contributed by atoms with Gasteiger partial charge in [-0.1, -0.05) is 0 Å². The van der Waals surface area contributed by atoms with Gasteiger partial charge in [0.25, 0.3) is 0 Å². The lowest BCUT2D eigenvalue weighted by molar-refractivity contribution is -0.121. The van der Waals surface area contributed by atoms with Crippen molar-refractivity contribution in [1.29, 1.82) is 0 Å². The average molecular weight is 169 g/mol. The number of piperazine rings is 1. The molecule has 2 unspecified atom stereocenters. The maximum atomic E-state index is 11.2. The number of hydrogen-bond acceptors (Lipinski definition) is 3. The van der Waals surface area contributed by atoms with Crippen molar-refractivity contribution in [1.82, 2.24) is 15.5 Å². The van der Waals surface area contributed by atoms with Crippen LogP contribution in [0.25, 0.3) is 0 Å². The van der Waals surface area contributed by atoms with Crippen molar-refractivity contribution in [3.8, 4) is 0 Å². The highest BCUT2D eigenvalue weighted by atomic mass is 16.1.